The first-order chi connectivity index (χ1) is 11.8. The topological polar surface area (TPSA) is 82.0 Å². The molecule has 1 aromatic rings. The molecule has 0 radical (unpaired) electrons. The number of carbonyl (C=O) groups is 1. The fourth-order valence-corrected chi connectivity index (χ4v) is 2.82. The van der Waals surface area contributed by atoms with Crippen LogP contribution in [-0.4, -0.2) is 77.5 Å². The smallest absolute Gasteiger partial charge is 0.271 e. The van der Waals surface area contributed by atoms with Crippen molar-refractivity contribution < 1.29 is 9.72 Å². The molecule has 0 aromatic heterocycles. The minimum atomic E-state index is -0.481. The van der Waals surface area contributed by atoms with Crippen molar-refractivity contribution in [2.45, 2.75) is 0 Å². The summed E-state index contributed by atoms with van der Waals surface area (Å²) < 4.78 is 0. The third-order valence-electron chi connectivity index (χ3n) is 3.92. The minimum Gasteiger partial charge on any atom is -0.348 e. The lowest BCUT2D eigenvalue weighted by atomic mass is 10.2. The van der Waals surface area contributed by atoms with E-state index in [4.69, 9.17) is 23.8 Å². The molecule has 25 heavy (non-hydrogen) atoms. The maximum absolute atomic E-state index is 11.8. The molecule has 2 rings (SSSR count). The Balaban J connectivity index is 1.92. The van der Waals surface area contributed by atoms with Crippen molar-refractivity contribution in [3.8, 4) is 0 Å². The Kier molecular flexibility index (Phi) is 6.51. The van der Waals surface area contributed by atoms with E-state index in [1.54, 1.807) is 19.0 Å². The van der Waals surface area contributed by atoms with Gasteiger partial charge in [-0.25, -0.2) is 0 Å². The summed E-state index contributed by atoms with van der Waals surface area (Å²) in [5, 5.41) is 14.7. The largest absolute Gasteiger partial charge is 0.348 e. The van der Waals surface area contributed by atoms with E-state index in [0.29, 0.717) is 48.5 Å². The number of halogens is 1. The number of non-ortho nitro benzene ring substituents is 1. The van der Waals surface area contributed by atoms with E-state index in [0.717, 1.165) is 0 Å². The van der Waals surface area contributed by atoms with Crippen molar-refractivity contribution in [1.29, 1.82) is 0 Å². The number of benzene rings is 1. The van der Waals surface area contributed by atoms with Gasteiger partial charge in [0.2, 0.25) is 5.91 Å². The maximum atomic E-state index is 11.8. The van der Waals surface area contributed by atoms with Crippen LogP contribution in [0, 0.1) is 10.1 Å². The molecule has 0 atom stereocenters. The summed E-state index contributed by atoms with van der Waals surface area (Å²) in [5.74, 6) is 0.0672. The summed E-state index contributed by atoms with van der Waals surface area (Å²) in [7, 11) is 3.47. The molecular formula is C15H20ClN5O3S. The van der Waals surface area contributed by atoms with Crippen LogP contribution in [0.2, 0.25) is 5.02 Å². The number of nitrogens with one attached hydrogen (secondary N) is 1. The van der Waals surface area contributed by atoms with E-state index in [9.17, 15) is 14.9 Å². The highest BCUT2D eigenvalue weighted by atomic mass is 35.5. The molecule has 1 aliphatic rings. The minimum absolute atomic E-state index is 0.0540. The van der Waals surface area contributed by atoms with Gasteiger partial charge in [-0.2, -0.15) is 0 Å². The number of nitrogens with zero attached hydrogens (tertiary/aromatic N) is 4. The van der Waals surface area contributed by atoms with Crippen molar-refractivity contribution in [2.24, 2.45) is 0 Å². The number of anilines is 1. The zero-order valence-electron chi connectivity index (χ0n) is 14.1. The molecule has 1 fully saturated rings. The lowest BCUT2D eigenvalue weighted by molar-refractivity contribution is -0.384. The van der Waals surface area contributed by atoms with E-state index in [2.05, 4.69) is 10.2 Å². The number of likely N-dealkylation sites (N-methyl/N-ethyl adjacent to an activating group) is 1. The molecule has 1 saturated heterocycles. The Labute approximate surface area is 156 Å². The third-order valence-corrected chi connectivity index (χ3v) is 4.61. The first-order valence-electron chi connectivity index (χ1n) is 7.70. The Hall–Kier alpha value is -1.97. The van der Waals surface area contributed by atoms with Gasteiger partial charge in [0.25, 0.3) is 5.69 Å². The first-order valence-corrected chi connectivity index (χ1v) is 8.49. The first kappa shape index (κ1) is 19.4. The van der Waals surface area contributed by atoms with Gasteiger partial charge >= 0.3 is 0 Å². The zero-order valence-corrected chi connectivity index (χ0v) is 15.6. The summed E-state index contributed by atoms with van der Waals surface area (Å²) >= 11 is 11.5. The van der Waals surface area contributed by atoms with Crippen LogP contribution in [0.3, 0.4) is 0 Å². The Morgan fingerprint density at radius 3 is 2.56 bits per heavy atom. The highest BCUT2D eigenvalue weighted by Gasteiger charge is 2.22. The molecule has 0 bridgehead atoms. The second kappa shape index (κ2) is 8.41. The average Bonchev–Trinajstić information content (AvgIpc) is 2.57. The van der Waals surface area contributed by atoms with Crippen LogP contribution < -0.4 is 5.32 Å². The van der Waals surface area contributed by atoms with Gasteiger partial charge in [0.05, 0.1) is 22.2 Å². The maximum Gasteiger partial charge on any atom is 0.271 e. The quantitative estimate of drug-likeness (QED) is 0.479. The highest BCUT2D eigenvalue weighted by molar-refractivity contribution is 7.80. The van der Waals surface area contributed by atoms with E-state index in [1.807, 2.05) is 4.90 Å². The molecule has 8 nitrogen and oxygen atoms in total. The number of hydrogen-bond donors (Lipinski definition) is 1. The molecule has 1 aliphatic heterocycles. The molecule has 0 saturated carbocycles. The van der Waals surface area contributed by atoms with E-state index >= 15 is 0 Å². The molecule has 1 N–H and O–H groups in total. The van der Waals surface area contributed by atoms with Crippen LogP contribution in [0.4, 0.5) is 11.4 Å². The summed E-state index contributed by atoms with van der Waals surface area (Å²) in [4.78, 5) is 27.8. The molecule has 1 aromatic carbocycles. The number of nitro groups is 1. The van der Waals surface area contributed by atoms with Gasteiger partial charge in [-0.05, 0) is 18.3 Å². The van der Waals surface area contributed by atoms with Crippen LogP contribution >= 0.6 is 23.8 Å². The number of hydrogen-bond acceptors (Lipinski definition) is 5. The predicted octanol–water partition coefficient (Wildman–Crippen LogP) is 1.65. The van der Waals surface area contributed by atoms with Crippen LogP contribution in [0.15, 0.2) is 18.2 Å². The van der Waals surface area contributed by atoms with E-state index in [1.165, 1.54) is 18.2 Å². The molecular weight excluding hydrogens is 366 g/mol. The summed E-state index contributed by atoms with van der Waals surface area (Å²) in [6.07, 6.45) is 0. The second-order valence-electron chi connectivity index (χ2n) is 5.90. The number of amides is 1. The van der Waals surface area contributed by atoms with Gasteiger partial charge in [-0.1, -0.05) is 11.6 Å². The lowest BCUT2D eigenvalue weighted by Crippen LogP contribution is -2.51. The standard InChI is InChI=1S/C15H20ClN5O3S/c1-18(2)14(22)10-19-5-7-20(8-6-19)15(25)17-13-9-11(21(23)24)3-4-12(13)16/h3-4,9H,5-8,10H2,1-2H3,(H,17,25). The van der Waals surface area contributed by atoms with Gasteiger partial charge in [-0.15, -0.1) is 0 Å². The number of rotatable bonds is 4. The van der Waals surface area contributed by atoms with E-state index in [-0.39, 0.29) is 11.6 Å². The normalized spacial score (nSPS) is 14.9. The van der Waals surface area contributed by atoms with Crippen molar-refractivity contribution in [3.05, 3.63) is 33.3 Å². The summed E-state index contributed by atoms with van der Waals surface area (Å²) in [6, 6.07) is 4.17. The van der Waals surface area contributed by atoms with Crippen molar-refractivity contribution in [2.75, 3.05) is 52.1 Å². The monoisotopic (exact) mass is 385 g/mol. The molecule has 0 spiro atoms. The number of nitro benzene ring substituents is 1. The van der Waals surface area contributed by atoms with Gasteiger partial charge in [0.15, 0.2) is 5.11 Å². The van der Waals surface area contributed by atoms with E-state index < -0.39 is 4.92 Å². The SMILES string of the molecule is CN(C)C(=O)CN1CCN(C(=S)Nc2cc([N+](=O)[O-])ccc2Cl)CC1. The predicted molar refractivity (Wildman–Crippen MR) is 101 cm³/mol. The average molecular weight is 386 g/mol. The van der Waals surface area contributed by atoms with Gasteiger partial charge in [0, 0.05) is 52.4 Å². The molecule has 0 unspecified atom stereocenters. The number of thiocarbonyl (C=S) groups is 1. The van der Waals surface area contributed by atoms with Crippen LogP contribution in [0.5, 0.6) is 0 Å². The van der Waals surface area contributed by atoms with Gasteiger partial charge in [-0.3, -0.25) is 19.8 Å². The number of carbonyl (C=O) groups excluding carboxylic acids is 1. The fraction of sp³-hybridized carbons (Fsp3) is 0.467. The Bertz CT molecular complexity index is 677. The van der Waals surface area contributed by atoms with Crippen LogP contribution in [0.25, 0.3) is 0 Å². The van der Waals surface area contributed by atoms with Crippen molar-refractivity contribution >= 4 is 46.2 Å². The van der Waals surface area contributed by atoms with Gasteiger partial charge in [0.1, 0.15) is 0 Å². The van der Waals surface area contributed by atoms with Crippen LogP contribution in [0.1, 0.15) is 0 Å². The molecule has 0 aliphatic carbocycles. The summed E-state index contributed by atoms with van der Waals surface area (Å²) in [5.41, 5.74) is 0.354. The lowest BCUT2D eigenvalue weighted by Gasteiger charge is -2.36. The van der Waals surface area contributed by atoms with Crippen LogP contribution in [-0.2, 0) is 4.79 Å². The third kappa shape index (κ3) is 5.25. The highest BCUT2D eigenvalue weighted by Crippen LogP contribution is 2.27. The van der Waals surface area contributed by atoms with Crippen molar-refractivity contribution in [3.63, 3.8) is 0 Å². The Morgan fingerprint density at radius 1 is 1.36 bits per heavy atom. The molecule has 1 amide bonds. The molecule has 1 heterocycles. The molecule has 136 valence electrons. The van der Waals surface area contributed by atoms with Gasteiger partial charge < -0.3 is 15.1 Å². The number of piperazine rings is 1. The second-order valence-corrected chi connectivity index (χ2v) is 6.70. The fourth-order valence-electron chi connectivity index (χ4n) is 2.36. The summed E-state index contributed by atoms with van der Waals surface area (Å²) in [6.45, 7) is 3.14. The molecule has 10 heteroatoms. The Morgan fingerprint density at radius 2 is 2.00 bits per heavy atom. The van der Waals surface area contributed by atoms with Crippen molar-refractivity contribution in [1.82, 2.24) is 14.7 Å². The zero-order chi connectivity index (χ0) is 18.6.